The van der Waals surface area contributed by atoms with Crippen LogP contribution >= 0.6 is 0 Å². The maximum atomic E-state index is 14.0. The average molecular weight is 270 g/mol. The van der Waals surface area contributed by atoms with Gasteiger partial charge in [-0.05, 0) is 30.0 Å². The van der Waals surface area contributed by atoms with E-state index in [1.807, 2.05) is 24.3 Å². The third-order valence-corrected chi connectivity index (χ3v) is 3.85. The molecule has 1 unspecified atom stereocenters. The van der Waals surface area contributed by atoms with E-state index in [2.05, 4.69) is 0 Å². The Hall–Kier alpha value is -2.16. The molecule has 0 saturated carbocycles. The summed E-state index contributed by atoms with van der Waals surface area (Å²) >= 11 is 0. The summed E-state index contributed by atoms with van der Waals surface area (Å²) in [5.41, 5.74) is 2.42. The summed E-state index contributed by atoms with van der Waals surface area (Å²) in [6, 6.07) is 12.4. The van der Waals surface area contributed by atoms with Crippen molar-refractivity contribution in [2.24, 2.45) is 5.92 Å². The van der Waals surface area contributed by atoms with Crippen molar-refractivity contribution in [1.29, 1.82) is 0 Å². The number of halogens is 1. The fraction of sp³-hybridized carbons (Fsp3) is 0.235. The van der Waals surface area contributed by atoms with Crippen LogP contribution in [0.15, 0.2) is 42.5 Å². The lowest BCUT2D eigenvalue weighted by Crippen LogP contribution is -2.13. The predicted molar refractivity (Wildman–Crippen MR) is 74.6 cm³/mol. The van der Waals surface area contributed by atoms with Gasteiger partial charge in [-0.3, -0.25) is 4.79 Å². The zero-order chi connectivity index (χ0) is 14.1. The van der Waals surface area contributed by atoms with Crippen molar-refractivity contribution in [2.75, 3.05) is 7.11 Å². The third-order valence-electron chi connectivity index (χ3n) is 3.85. The fourth-order valence-electron chi connectivity index (χ4n) is 2.77. The zero-order valence-electron chi connectivity index (χ0n) is 11.2. The lowest BCUT2D eigenvalue weighted by Gasteiger charge is -2.10. The molecule has 102 valence electrons. The minimum atomic E-state index is -0.312. The number of ether oxygens (including phenoxy) is 1. The number of carbonyl (C=O) groups is 1. The van der Waals surface area contributed by atoms with Gasteiger partial charge in [0.2, 0.25) is 0 Å². The number of carbonyl (C=O) groups excluding carboxylic acids is 1. The highest BCUT2D eigenvalue weighted by Crippen LogP contribution is 2.30. The maximum absolute atomic E-state index is 14.0. The Kier molecular flexibility index (Phi) is 3.26. The summed E-state index contributed by atoms with van der Waals surface area (Å²) in [6.07, 6.45) is 1.13. The van der Waals surface area contributed by atoms with Crippen LogP contribution in [-0.2, 0) is 12.8 Å². The predicted octanol–water partition coefficient (Wildman–Crippen LogP) is 3.43. The minimum Gasteiger partial charge on any atom is -0.497 e. The normalized spacial score (nSPS) is 17.1. The first-order valence-corrected chi connectivity index (χ1v) is 6.63. The monoisotopic (exact) mass is 270 g/mol. The van der Waals surface area contributed by atoms with E-state index in [1.54, 1.807) is 12.1 Å². The number of Topliss-reactive ketones (excluding diaryl/α,β-unsaturated/α-hetero) is 1. The van der Waals surface area contributed by atoms with E-state index in [0.29, 0.717) is 24.2 Å². The van der Waals surface area contributed by atoms with Gasteiger partial charge in [0.1, 0.15) is 11.6 Å². The van der Waals surface area contributed by atoms with Gasteiger partial charge in [-0.15, -0.1) is 0 Å². The van der Waals surface area contributed by atoms with Crippen molar-refractivity contribution >= 4 is 5.78 Å². The highest BCUT2D eigenvalue weighted by Gasteiger charge is 2.30. The molecule has 1 aliphatic carbocycles. The van der Waals surface area contributed by atoms with Crippen LogP contribution in [-0.4, -0.2) is 12.9 Å². The molecule has 0 N–H and O–H groups in total. The topological polar surface area (TPSA) is 26.3 Å². The first-order valence-electron chi connectivity index (χ1n) is 6.63. The van der Waals surface area contributed by atoms with Crippen LogP contribution < -0.4 is 4.74 Å². The van der Waals surface area contributed by atoms with E-state index in [-0.39, 0.29) is 17.5 Å². The van der Waals surface area contributed by atoms with E-state index in [9.17, 15) is 9.18 Å². The standard InChI is InChI=1S/C17H15FO2/c1-20-14-7-6-12(16(18)10-14)9-13-8-11-4-2-3-5-15(11)17(13)19/h2-7,10,13H,8-9H2,1H3. The lowest BCUT2D eigenvalue weighted by atomic mass is 9.95. The van der Waals surface area contributed by atoms with E-state index >= 15 is 0 Å². The van der Waals surface area contributed by atoms with Gasteiger partial charge in [0, 0.05) is 17.5 Å². The van der Waals surface area contributed by atoms with Crippen molar-refractivity contribution in [3.63, 3.8) is 0 Å². The van der Waals surface area contributed by atoms with Gasteiger partial charge in [0.05, 0.1) is 7.11 Å². The molecular formula is C17H15FO2. The number of hydrogen-bond acceptors (Lipinski definition) is 2. The van der Waals surface area contributed by atoms with Crippen LogP contribution in [0.4, 0.5) is 4.39 Å². The highest BCUT2D eigenvalue weighted by molar-refractivity contribution is 6.02. The summed E-state index contributed by atoms with van der Waals surface area (Å²) in [7, 11) is 1.51. The van der Waals surface area contributed by atoms with Crippen LogP contribution in [0.2, 0.25) is 0 Å². The first-order chi connectivity index (χ1) is 9.69. The first kappa shape index (κ1) is 12.9. The van der Waals surface area contributed by atoms with Crippen molar-refractivity contribution in [1.82, 2.24) is 0 Å². The van der Waals surface area contributed by atoms with Gasteiger partial charge in [-0.2, -0.15) is 0 Å². The molecular weight excluding hydrogens is 255 g/mol. The summed E-state index contributed by atoms with van der Waals surface area (Å²) in [4.78, 5) is 12.3. The molecule has 3 heteroatoms. The molecule has 3 rings (SSSR count). The molecule has 1 atom stereocenters. The molecule has 1 aliphatic rings. The Bertz CT molecular complexity index is 664. The molecule has 0 fully saturated rings. The van der Waals surface area contributed by atoms with Crippen molar-refractivity contribution in [2.45, 2.75) is 12.8 Å². The second-order valence-electron chi connectivity index (χ2n) is 5.08. The largest absolute Gasteiger partial charge is 0.497 e. The minimum absolute atomic E-state index is 0.121. The molecule has 0 heterocycles. The van der Waals surface area contributed by atoms with E-state index in [1.165, 1.54) is 13.2 Å². The smallest absolute Gasteiger partial charge is 0.166 e. The molecule has 2 aromatic carbocycles. The summed E-state index contributed by atoms with van der Waals surface area (Å²) in [6.45, 7) is 0. The Balaban J connectivity index is 1.82. The van der Waals surface area contributed by atoms with Gasteiger partial charge in [0.25, 0.3) is 0 Å². The SMILES string of the molecule is COc1ccc(CC2Cc3ccccc3C2=O)c(F)c1. The molecule has 0 aliphatic heterocycles. The van der Waals surface area contributed by atoms with Crippen LogP contribution in [0.3, 0.4) is 0 Å². The molecule has 0 radical (unpaired) electrons. The zero-order valence-corrected chi connectivity index (χ0v) is 11.2. The van der Waals surface area contributed by atoms with Crippen LogP contribution in [0, 0.1) is 11.7 Å². The number of fused-ring (bicyclic) bond motifs is 1. The average Bonchev–Trinajstić information content (AvgIpc) is 2.78. The van der Waals surface area contributed by atoms with E-state index in [4.69, 9.17) is 4.74 Å². The number of benzene rings is 2. The Morgan fingerprint density at radius 1 is 1.25 bits per heavy atom. The quantitative estimate of drug-likeness (QED) is 0.854. The number of ketones is 1. The van der Waals surface area contributed by atoms with E-state index in [0.717, 1.165) is 11.1 Å². The second-order valence-corrected chi connectivity index (χ2v) is 5.08. The molecule has 0 spiro atoms. The van der Waals surface area contributed by atoms with Gasteiger partial charge in [0.15, 0.2) is 5.78 Å². The number of methoxy groups -OCH3 is 1. The summed E-state index contributed by atoms with van der Waals surface area (Å²) in [5, 5.41) is 0. The Morgan fingerprint density at radius 2 is 2.05 bits per heavy atom. The van der Waals surface area contributed by atoms with Crippen LogP contribution in [0.25, 0.3) is 0 Å². The summed E-state index contributed by atoms with van der Waals surface area (Å²) < 4.78 is 18.9. The molecule has 2 aromatic rings. The van der Waals surface area contributed by atoms with Gasteiger partial charge in [-0.25, -0.2) is 4.39 Å². The van der Waals surface area contributed by atoms with Crippen molar-refractivity contribution in [3.05, 3.63) is 65.0 Å². The summed E-state index contributed by atoms with van der Waals surface area (Å²) in [5.74, 6) is 0.145. The van der Waals surface area contributed by atoms with Gasteiger partial charge in [-0.1, -0.05) is 30.3 Å². The molecule has 20 heavy (non-hydrogen) atoms. The molecule has 0 saturated heterocycles. The van der Waals surface area contributed by atoms with Crippen LogP contribution in [0.5, 0.6) is 5.75 Å². The Labute approximate surface area is 117 Å². The van der Waals surface area contributed by atoms with Gasteiger partial charge >= 0.3 is 0 Å². The molecule has 0 aromatic heterocycles. The number of rotatable bonds is 3. The highest BCUT2D eigenvalue weighted by atomic mass is 19.1. The van der Waals surface area contributed by atoms with Gasteiger partial charge < -0.3 is 4.74 Å². The Morgan fingerprint density at radius 3 is 2.75 bits per heavy atom. The van der Waals surface area contributed by atoms with Crippen molar-refractivity contribution in [3.8, 4) is 5.75 Å². The molecule has 0 amide bonds. The van der Waals surface area contributed by atoms with Crippen molar-refractivity contribution < 1.29 is 13.9 Å². The second kappa shape index (κ2) is 5.08. The maximum Gasteiger partial charge on any atom is 0.166 e. The molecule has 0 bridgehead atoms. The number of hydrogen-bond donors (Lipinski definition) is 0. The van der Waals surface area contributed by atoms with Crippen LogP contribution in [0.1, 0.15) is 21.5 Å². The molecule has 2 nitrogen and oxygen atoms in total. The third kappa shape index (κ3) is 2.20. The van der Waals surface area contributed by atoms with E-state index < -0.39 is 0 Å². The fourth-order valence-corrected chi connectivity index (χ4v) is 2.77. The lowest BCUT2D eigenvalue weighted by molar-refractivity contribution is 0.0936.